The first-order chi connectivity index (χ1) is 8.66. The van der Waals surface area contributed by atoms with Gasteiger partial charge in [-0.2, -0.15) is 0 Å². The molecule has 0 heterocycles. The van der Waals surface area contributed by atoms with E-state index in [9.17, 15) is 4.79 Å². The van der Waals surface area contributed by atoms with Crippen LogP contribution in [-0.2, 0) is 9.47 Å². The molecular formula is C12H17ClN2O3. The van der Waals surface area contributed by atoms with E-state index in [-0.39, 0.29) is 5.91 Å². The highest BCUT2D eigenvalue weighted by atomic mass is 35.5. The molecule has 5 nitrogen and oxygen atoms in total. The fourth-order valence-corrected chi connectivity index (χ4v) is 1.62. The lowest BCUT2D eigenvalue weighted by atomic mass is 10.1. The molecule has 0 bridgehead atoms. The topological polar surface area (TPSA) is 73.6 Å². The van der Waals surface area contributed by atoms with Gasteiger partial charge in [-0.3, -0.25) is 4.79 Å². The molecule has 100 valence electrons. The van der Waals surface area contributed by atoms with Crippen molar-refractivity contribution in [2.45, 2.75) is 0 Å². The molecule has 0 unspecified atom stereocenters. The van der Waals surface area contributed by atoms with E-state index in [2.05, 4.69) is 5.32 Å². The highest BCUT2D eigenvalue weighted by Gasteiger charge is 2.12. The second-order valence-electron chi connectivity index (χ2n) is 3.57. The largest absolute Gasteiger partial charge is 0.398 e. The summed E-state index contributed by atoms with van der Waals surface area (Å²) in [5.74, 6) is -0.298. The van der Waals surface area contributed by atoms with Crippen LogP contribution >= 0.6 is 11.6 Å². The van der Waals surface area contributed by atoms with E-state index in [1.807, 2.05) is 0 Å². The Bertz CT molecular complexity index is 379. The van der Waals surface area contributed by atoms with Gasteiger partial charge in [0.05, 0.1) is 30.4 Å². The molecule has 1 rings (SSSR count). The van der Waals surface area contributed by atoms with Gasteiger partial charge < -0.3 is 20.5 Å². The molecule has 6 heteroatoms. The number of nitrogens with two attached hydrogens (primary N) is 1. The van der Waals surface area contributed by atoms with Crippen molar-refractivity contribution in [3.05, 3.63) is 28.8 Å². The monoisotopic (exact) mass is 272 g/mol. The minimum Gasteiger partial charge on any atom is -0.398 e. The van der Waals surface area contributed by atoms with Gasteiger partial charge in [-0.1, -0.05) is 17.7 Å². The molecule has 3 N–H and O–H groups in total. The third-order valence-electron chi connectivity index (χ3n) is 2.24. The molecule has 18 heavy (non-hydrogen) atoms. The van der Waals surface area contributed by atoms with Crippen LogP contribution in [0.3, 0.4) is 0 Å². The zero-order valence-electron chi connectivity index (χ0n) is 10.2. The molecule has 0 fully saturated rings. The molecule has 0 spiro atoms. The first-order valence-corrected chi connectivity index (χ1v) is 5.93. The normalized spacial score (nSPS) is 10.3. The SMILES string of the molecule is COCCOCCNC(=O)c1c(N)cccc1Cl. The van der Waals surface area contributed by atoms with Crippen LogP contribution < -0.4 is 11.1 Å². The Kier molecular flexibility index (Phi) is 6.49. The Labute approximate surface area is 111 Å². The summed E-state index contributed by atoms with van der Waals surface area (Å²) in [7, 11) is 1.60. The van der Waals surface area contributed by atoms with E-state index in [0.717, 1.165) is 0 Å². The summed E-state index contributed by atoms with van der Waals surface area (Å²) in [6.45, 7) is 1.85. The fourth-order valence-electron chi connectivity index (χ4n) is 1.35. The Balaban J connectivity index is 2.37. The number of benzene rings is 1. The zero-order chi connectivity index (χ0) is 13.4. The minimum atomic E-state index is -0.298. The van der Waals surface area contributed by atoms with Gasteiger partial charge in [0.2, 0.25) is 0 Å². The van der Waals surface area contributed by atoms with Gasteiger partial charge in [-0.15, -0.1) is 0 Å². The average Bonchev–Trinajstić information content (AvgIpc) is 2.33. The quantitative estimate of drug-likeness (QED) is 0.580. The van der Waals surface area contributed by atoms with E-state index in [1.54, 1.807) is 25.3 Å². The predicted octanol–water partition coefficient (Wildman–Crippen LogP) is 1.31. The van der Waals surface area contributed by atoms with Crippen molar-refractivity contribution >= 4 is 23.2 Å². The van der Waals surface area contributed by atoms with E-state index < -0.39 is 0 Å². The number of amides is 1. The predicted molar refractivity (Wildman–Crippen MR) is 70.9 cm³/mol. The summed E-state index contributed by atoms with van der Waals surface area (Å²) >= 11 is 5.92. The molecule has 0 atom stereocenters. The van der Waals surface area contributed by atoms with Crippen LogP contribution in [0.4, 0.5) is 5.69 Å². The van der Waals surface area contributed by atoms with Crippen molar-refractivity contribution in [2.24, 2.45) is 0 Å². The first-order valence-electron chi connectivity index (χ1n) is 5.55. The van der Waals surface area contributed by atoms with Gasteiger partial charge in [0.1, 0.15) is 0 Å². The summed E-state index contributed by atoms with van der Waals surface area (Å²) in [6, 6.07) is 4.96. The molecule has 1 amide bonds. The number of anilines is 1. The lowest BCUT2D eigenvalue weighted by Gasteiger charge is -2.09. The van der Waals surface area contributed by atoms with Crippen LogP contribution in [0.25, 0.3) is 0 Å². The van der Waals surface area contributed by atoms with Crippen molar-refractivity contribution in [3.63, 3.8) is 0 Å². The Morgan fingerprint density at radius 2 is 2.17 bits per heavy atom. The van der Waals surface area contributed by atoms with Gasteiger partial charge in [0, 0.05) is 19.3 Å². The Hall–Kier alpha value is -1.30. The molecule has 1 aromatic carbocycles. The zero-order valence-corrected chi connectivity index (χ0v) is 11.0. The molecule has 0 saturated heterocycles. The lowest BCUT2D eigenvalue weighted by Crippen LogP contribution is -2.28. The van der Waals surface area contributed by atoms with Gasteiger partial charge in [0.25, 0.3) is 5.91 Å². The summed E-state index contributed by atoms with van der Waals surface area (Å²) in [6.07, 6.45) is 0. The van der Waals surface area contributed by atoms with Crippen molar-refractivity contribution < 1.29 is 14.3 Å². The number of methoxy groups -OCH3 is 1. The highest BCUT2D eigenvalue weighted by molar-refractivity contribution is 6.34. The maximum atomic E-state index is 11.8. The molecule has 0 radical (unpaired) electrons. The van der Waals surface area contributed by atoms with E-state index in [4.69, 9.17) is 26.8 Å². The number of nitrogens with one attached hydrogen (secondary N) is 1. The molecular weight excluding hydrogens is 256 g/mol. The number of nitrogen functional groups attached to an aromatic ring is 1. The minimum absolute atomic E-state index is 0.298. The molecule has 1 aromatic rings. The van der Waals surface area contributed by atoms with Crippen molar-refractivity contribution in [3.8, 4) is 0 Å². The highest BCUT2D eigenvalue weighted by Crippen LogP contribution is 2.21. The fraction of sp³-hybridized carbons (Fsp3) is 0.417. The van der Waals surface area contributed by atoms with E-state index in [1.165, 1.54) is 0 Å². The Morgan fingerprint density at radius 1 is 1.39 bits per heavy atom. The molecule has 0 aliphatic heterocycles. The summed E-state index contributed by atoms with van der Waals surface area (Å²) in [5, 5.41) is 3.03. The van der Waals surface area contributed by atoms with Gasteiger partial charge in [-0.25, -0.2) is 0 Å². The smallest absolute Gasteiger partial charge is 0.254 e. The summed E-state index contributed by atoms with van der Waals surface area (Å²) < 4.78 is 10.0. The molecule has 0 saturated carbocycles. The summed E-state index contributed by atoms with van der Waals surface area (Å²) in [5.41, 5.74) is 6.36. The van der Waals surface area contributed by atoms with Crippen LogP contribution in [0.2, 0.25) is 5.02 Å². The number of halogens is 1. The average molecular weight is 273 g/mol. The van der Waals surface area contributed by atoms with Crippen LogP contribution in [-0.4, -0.2) is 39.4 Å². The third kappa shape index (κ3) is 4.52. The van der Waals surface area contributed by atoms with Gasteiger partial charge in [0.15, 0.2) is 0 Å². The van der Waals surface area contributed by atoms with Crippen LogP contribution in [0.1, 0.15) is 10.4 Å². The molecule has 0 aliphatic rings. The Morgan fingerprint density at radius 3 is 2.83 bits per heavy atom. The van der Waals surface area contributed by atoms with Crippen molar-refractivity contribution in [2.75, 3.05) is 39.2 Å². The molecule has 0 aliphatic carbocycles. The van der Waals surface area contributed by atoms with Gasteiger partial charge >= 0.3 is 0 Å². The number of carbonyl (C=O) groups is 1. The lowest BCUT2D eigenvalue weighted by molar-refractivity contribution is 0.0693. The van der Waals surface area contributed by atoms with Crippen LogP contribution in [0.15, 0.2) is 18.2 Å². The number of carbonyl (C=O) groups excluding carboxylic acids is 1. The van der Waals surface area contributed by atoms with Gasteiger partial charge in [-0.05, 0) is 12.1 Å². The second-order valence-corrected chi connectivity index (χ2v) is 3.97. The molecule has 0 aromatic heterocycles. The maximum absolute atomic E-state index is 11.8. The number of ether oxygens (including phenoxy) is 2. The van der Waals surface area contributed by atoms with E-state index >= 15 is 0 Å². The van der Waals surface area contributed by atoms with Crippen LogP contribution in [0.5, 0.6) is 0 Å². The van der Waals surface area contributed by atoms with E-state index in [0.29, 0.717) is 42.6 Å². The van der Waals surface area contributed by atoms with Crippen molar-refractivity contribution in [1.82, 2.24) is 5.32 Å². The van der Waals surface area contributed by atoms with Crippen LogP contribution in [0, 0.1) is 0 Å². The first kappa shape index (κ1) is 14.8. The second kappa shape index (κ2) is 7.92. The standard InChI is InChI=1S/C12H17ClN2O3/c1-17-7-8-18-6-5-15-12(16)11-9(13)3-2-4-10(11)14/h2-4H,5-8,14H2,1H3,(H,15,16). The maximum Gasteiger partial charge on any atom is 0.254 e. The number of hydrogen-bond acceptors (Lipinski definition) is 4. The van der Waals surface area contributed by atoms with Crippen molar-refractivity contribution in [1.29, 1.82) is 0 Å². The number of hydrogen-bond donors (Lipinski definition) is 2. The summed E-state index contributed by atoms with van der Waals surface area (Å²) in [4.78, 5) is 11.8. The number of rotatable bonds is 7. The third-order valence-corrected chi connectivity index (χ3v) is 2.55.